The van der Waals surface area contributed by atoms with Gasteiger partial charge in [-0.3, -0.25) is 0 Å². The summed E-state index contributed by atoms with van der Waals surface area (Å²) < 4.78 is 7.19. The predicted molar refractivity (Wildman–Crippen MR) is 55.4 cm³/mol. The Morgan fingerprint density at radius 2 is 2.07 bits per heavy atom. The second-order valence-corrected chi connectivity index (χ2v) is 3.29. The molecule has 0 fully saturated rings. The Labute approximate surface area is 89.2 Å². The van der Waals surface area contributed by atoms with Crippen molar-refractivity contribution in [1.82, 2.24) is 14.8 Å². The Morgan fingerprint density at radius 3 is 2.64 bits per heavy atom. The third-order valence-corrected chi connectivity index (χ3v) is 2.31. The van der Waals surface area contributed by atoms with Crippen molar-refractivity contribution in [3.63, 3.8) is 0 Å². The van der Waals surface area contributed by atoms with Crippen LogP contribution in [0.4, 0.5) is 0 Å². The Bertz CT molecular complexity index is 275. The van der Waals surface area contributed by atoms with E-state index in [1.165, 1.54) is 0 Å². The van der Waals surface area contributed by atoms with Crippen molar-refractivity contribution in [3.8, 4) is 0 Å². The predicted octanol–water partition coefficient (Wildman–Crippen LogP) is 1.52. The normalized spacial score (nSPS) is 10.8. The first-order chi connectivity index (χ1) is 6.79. The number of aryl methyl sites for hydroxylation is 1. The lowest BCUT2D eigenvalue weighted by molar-refractivity contribution is 0.144. The van der Waals surface area contributed by atoms with Crippen molar-refractivity contribution in [3.05, 3.63) is 11.6 Å². The summed E-state index contributed by atoms with van der Waals surface area (Å²) in [5, 5.41) is 8.03. The molecule has 0 aliphatic carbocycles. The summed E-state index contributed by atoms with van der Waals surface area (Å²) >= 11 is 5.68. The SMILES string of the molecule is CCOCCCc1nnc(CCl)n1C. The molecule has 1 heterocycles. The number of nitrogens with zero attached hydrogens (tertiary/aromatic N) is 3. The minimum atomic E-state index is 0.412. The monoisotopic (exact) mass is 217 g/mol. The van der Waals surface area contributed by atoms with Crippen LogP contribution >= 0.6 is 11.6 Å². The maximum atomic E-state index is 5.68. The lowest BCUT2D eigenvalue weighted by Gasteiger charge is -2.02. The zero-order chi connectivity index (χ0) is 10.4. The van der Waals surface area contributed by atoms with Gasteiger partial charge in [-0.2, -0.15) is 0 Å². The van der Waals surface area contributed by atoms with Gasteiger partial charge in [0.15, 0.2) is 0 Å². The Hall–Kier alpha value is -0.610. The van der Waals surface area contributed by atoms with Gasteiger partial charge in [-0.15, -0.1) is 21.8 Å². The highest BCUT2D eigenvalue weighted by molar-refractivity contribution is 6.16. The van der Waals surface area contributed by atoms with E-state index in [0.717, 1.165) is 37.7 Å². The molecule has 0 radical (unpaired) electrons. The molecule has 1 aromatic rings. The highest BCUT2D eigenvalue weighted by Gasteiger charge is 2.06. The average Bonchev–Trinajstić information content (AvgIpc) is 2.55. The van der Waals surface area contributed by atoms with Crippen molar-refractivity contribution >= 4 is 11.6 Å². The third kappa shape index (κ3) is 2.96. The second kappa shape index (κ2) is 5.98. The summed E-state index contributed by atoms with van der Waals surface area (Å²) in [6.07, 6.45) is 1.86. The second-order valence-electron chi connectivity index (χ2n) is 3.03. The van der Waals surface area contributed by atoms with E-state index in [1.54, 1.807) is 0 Å². The third-order valence-electron chi connectivity index (χ3n) is 2.07. The van der Waals surface area contributed by atoms with Crippen LogP contribution in [-0.4, -0.2) is 28.0 Å². The van der Waals surface area contributed by atoms with Crippen LogP contribution in [0.25, 0.3) is 0 Å². The van der Waals surface area contributed by atoms with Gasteiger partial charge in [0.2, 0.25) is 0 Å². The quantitative estimate of drug-likeness (QED) is 0.536. The molecule has 0 unspecified atom stereocenters. The van der Waals surface area contributed by atoms with Crippen molar-refractivity contribution in [2.24, 2.45) is 7.05 Å². The molecular weight excluding hydrogens is 202 g/mol. The van der Waals surface area contributed by atoms with E-state index in [4.69, 9.17) is 16.3 Å². The molecule has 0 spiro atoms. The van der Waals surface area contributed by atoms with Crippen molar-refractivity contribution in [2.45, 2.75) is 25.6 Å². The first kappa shape index (κ1) is 11.5. The molecule has 0 N–H and O–H groups in total. The van der Waals surface area contributed by atoms with E-state index in [2.05, 4.69) is 10.2 Å². The molecule has 1 rings (SSSR count). The Balaban J connectivity index is 2.39. The van der Waals surface area contributed by atoms with E-state index in [1.807, 2.05) is 18.5 Å². The van der Waals surface area contributed by atoms with Crippen molar-refractivity contribution in [2.75, 3.05) is 13.2 Å². The fourth-order valence-electron chi connectivity index (χ4n) is 1.21. The summed E-state index contributed by atoms with van der Waals surface area (Å²) in [4.78, 5) is 0. The van der Waals surface area contributed by atoms with Gasteiger partial charge in [0.1, 0.15) is 11.6 Å². The topological polar surface area (TPSA) is 39.9 Å². The minimum absolute atomic E-state index is 0.412. The summed E-state index contributed by atoms with van der Waals surface area (Å²) in [5.41, 5.74) is 0. The van der Waals surface area contributed by atoms with Crippen molar-refractivity contribution < 1.29 is 4.74 Å². The van der Waals surface area contributed by atoms with Gasteiger partial charge in [-0.05, 0) is 13.3 Å². The fourth-order valence-corrected chi connectivity index (χ4v) is 1.44. The van der Waals surface area contributed by atoms with Gasteiger partial charge >= 0.3 is 0 Å². The number of ether oxygens (including phenoxy) is 1. The largest absolute Gasteiger partial charge is 0.382 e. The number of hydrogen-bond acceptors (Lipinski definition) is 3. The highest BCUT2D eigenvalue weighted by atomic mass is 35.5. The summed E-state index contributed by atoms with van der Waals surface area (Å²) in [6, 6.07) is 0. The standard InChI is InChI=1S/C9H16ClN3O/c1-3-14-6-4-5-8-11-12-9(7-10)13(8)2/h3-7H2,1-2H3. The molecule has 0 atom stereocenters. The molecule has 1 aromatic heterocycles. The first-order valence-electron chi connectivity index (χ1n) is 4.80. The number of aromatic nitrogens is 3. The van der Waals surface area contributed by atoms with E-state index in [0.29, 0.717) is 5.88 Å². The molecule has 80 valence electrons. The molecule has 0 aromatic carbocycles. The van der Waals surface area contributed by atoms with Gasteiger partial charge in [0.05, 0.1) is 5.88 Å². The molecule has 5 heteroatoms. The lowest BCUT2D eigenvalue weighted by atomic mass is 10.3. The maximum Gasteiger partial charge on any atom is 0.147 e. The summed E-state index contributed by atoms with van der Waals surface area (Å²) in [6.45, 7) is 3.54. The van der Waals surface area contributed by atoms with E-state index in [-0.39, 0.29) is 0 Å². The molecular formula is C9H16ClN3O. The van der Waals surface area contributed by atoms with Crippen LogP contribution in [0.2, 0.25) is 0 Å². The summed E-state index contributed by atoms with van der Waals surface area (Å²) in [7, 11) is 1.94. The number of hydrogen-bond donors (Lipinski definition) is 0. The molecule has 14 heavy (non-hydrogen) atoms. The van der Waals surface area contributed by atoms with Gasteiger partial charge in [-0.1, -0.05) is 0 Å². The number of rotatable bonds is 6. The van der Waals surface area contributed by atoms with Crippen LogP contribution in [0.15, 0.2) is 0 Å². The molecule has 0 aliphatic rings. The van der Waals surface area contributed by atoms with Crippen LogP contribution in [0.3, 0.4) is 0 Å². The van der Waals surface area contributed by atoms with Gasteiger partial charge in [-0.25, -0.2) is 0 Å². The molecule has 0 amide bonds. The van der Waals surface area contributed by atoms with Crippen LogP contribution in [0.1, 0.15) is 25.0 Å². The average molecular weight is 218 g/mol. The molecule has 0 bridgehead atoms. The zero-order valence-electron chi connectivity index (χ0n) is 8.66. The maximum absolute atomic E-state index is 5.68. The fraction of sp³-hybridized carbons (Fsp3) is 0.778. The van der Waals surface area contributed by atoms with Crippen LogP contribution < -0.4 is 0 Å². The van der Waals surface area contributed by atoms with Crippen LogP contribution in [0, 0.1) is 0 Å². The van der Waals surface area contributed by atoms with Gasteiger partial charge in [0, 0.05) is 26.7 Å². The van der Waals surface area contributed by atoms with E-state index >= 15 is 0 Å². The lowest BCUT2D eigenvalue weighted by Crippen LogP contribution is -2.03. The van der Waals surface area contributed by atoms with Crippen LogP contribution in [0.5, 0.6) is 0 Å². The highest BCUT2D eigenvalue weighted by Crippen LogP contribution is 2.04. The minimum Gasteiger partial charge on any atom is -0.382 e. The Kier molecular flexibility index (Phi) is 4.90. The zero-order valence-corrected chi connectivity index (χ0v) is 9.42. The van der Waals surface area contributed by atoms with E-state index in [9.17, 15) is 0 Å². The van der Waals surface area contributed by atoms with Crippen molar-refractivity contribution in [1.29, 1.82) is 0 Å². The molecule has 0 saturated heterocycles. The Morgan fingerprint density at radius 1 is 1.36 bits per heavy atom. The molecule has 0 aliphatic heterocycles. The van der Waals surface area contributed by atoms with Gasteiger partial charge < -0.3 is 9.30 Å². The number of halogens is 1. The smallest absolute Gasteiger partial charge is 0.147 e. The molecule has 0 saturated carbocycles. The molecule has 4 nitrogen and oxygen atoms in total. The summed E-state index contributed by atoms with van der Waals surface area (Å²) in [5.74, 6) is 2.20. The number of alkyl halides is 1. The van der Waals surface area contributed by atoms with Crippen LogP contribution in [-0.2, 0) is 24.1 Å². The van der Waals surface area contributed by atoms with Gasteiger partial charge in [0.25, 0.3) is 0 Å². The first-order valence-corrected chi connectivity index (χ1v) is 5.33. The van der Waals surface area contributed by atoms with E-state index < -0.39 is 0 Å².